The van der Waals surface area contributed by atoms with E-state index in [0.717, 1.165) is 49.8 Å². The Hall–Kier alpha value is -5.02. The maximum Gasteiger partial charge on any atom is 0.422 e. The number of likely N-dealkylation sites (tertiary alicyclic amines) is 1. The molecule has 288 valence electrons. The second-order valence-corrected chi connectivity index (χ2v) is 14.1. The minimum atomic E-state index is -4.61. The predicted molar refractivity (Wildman–Crippen MR) is 192 cm³/mol. The van der Waals surface area contributed by atoms with Gasteiger partial charge in [0.05, 0.1) is 18.8 Å². The Morgan fingerprint density at radius 1 is 0.906 bits per heavy atom. The molecule has 6 bridgehead atoms. The van der Waals surface area contributed by atoms with Crippen molar-refractivity contribution in [3.05, 3.63) is 53.6 Å². The van der Waals surface area contributed by atoms with E-state index in [1.165, 1.54) is 0 Å². The van der Waals surface area contributed by atoms with Crippen molar-refractivity contribution >= 4 is 29.6 Å². The van der Waals surface area contributed by atoms with Gasteiger partial charge in [0, 0.05) is 37.4 Å². The number of amides is 2. The highest BCUT2D eigenvalue weighted by Crippen LogP contribution is 2.28. The largest absolute Gasteiger partial charge is 0.494 e. The first-order valence-electron chi connectivity index (χ1n) is 18.0. The Morgan fingerprint density at radius 3 is 2.32 bits per heavy atom. The van der Waals surface area contributed by atoms with Gasteiger partial charge in [0.2, 0.25) is 11.9 Å². The monoisotopic (exact) mass is 743 g/mol. The van der Waals surface area contributed by atoms with Crippen LogP contribution < -0.4 is 30.2 Å². The highest BCUT2D eigenvalue weighted by Gasteiger charge is 2.30. The lowest BCUT2D eigenvalue weighted by atomic mass is 10.0. The SMILES string of the molecule is CC(C)(C)OC(=O)N1CCCC(NC(=O)c2ccc3cc2OCCCCCCCCOc2ccc(cc2)CNc2nc(nc(OCC(F)(F)F)n2)N3)C1. The number of carbonyl (C=O) groups is 2. The number of benzene rings is 2. The standard InChI is InChI=1S/C37H48F3N7O6/c1-36(2,3)53-35(49)47-18-10-11-27(23-47)42-31(48)29-17-14-26-21-30(29)51-20-9-7-5-4-6-8-19-50-28-15-12-25(13-16-28)22-41-32-44-33(43-26)46-34(45-32)52-24-37(38,39)40/h12-17,21,27H,4-11,18-20,22-24H2,1-3H3,(H,42,48)(H2,41,43,44,45,46). The molecule has 53 heavy (non-hydrogen) atoms. The fraction of sp³-hybridized carbons (Fsp3) is 0.541. The summed E-state index contributed by atoms with van der Waals surface area (Å²) in [6, 6.07) is 11.5. The summed E-state index contributed by atoms with van der Waals surface area (Å²) in [6.45, 7) is 5.90. The predicted octanol–water partition coefficient (Wildman–Crippen LogP) is 7.41. The van der Waals surface area contributed by atoms with E-state index in [0.29, 0.717) is 50.6 Å². The van der Waals surface area contributed by atoms with Crippen molar-refractivity contribution < 1.29 is 41.7 Å². The van der Waals surface area contributed by atoms with E-state index in [1.807, 2.05) is 24.3 Å². The molecule has 3 aliphatic rings. The Balaban J connectivity index is 1.37. The molecule has 16 heteroatoms. The second kappa shape index (κ2) is 18.1. The van der Waals surface area contributed by atoms with Crippen LogP contribution in [0.15, 0.2) is 42.5 Å². The number of nitrogens with one attached hydrogen (secondary N) is 3. The average Bonchev–Trinajstić information content (AvgIpc) is 3.10. The van der Waals surface area contributed by atoms with Crippen LogP contribution in [0.25, 0.3) is 0 Å². The topological polar surface area (TPSA) is 149 Å². The maximum atomic E-state index is 13.7. The molecule has 1 unspecified atom stereocenters. The number of carbonyl (C=O) groups excluding carboxylic acids is 2. The van der Waals surface area contributed by atoms with Gasteiger partial charge in [-0.05, 0) is 76.3 Å². The molecule has 4 heterocycles. The van der Waals surface area contributed by atoms with E-state index < -0.39 is 30.5 Å². The summed E-state index contributed by atoms with van der Waals surface area (Å²) in [4.78, 5) is 40.4. The Morgan fingerprint density at radius 2 is 1.60 bits per heavy atom. The number of hydrogen-bond donors (Lipinski definition) is 3. The van der Waals surface area contributed by atoms with Crippen molar-refractivity contribution in [2.75, 3.05) is 43.5 Å². The van der Waals surface area contributed by atoms with Crippen LogP contribution in [0.1, 0.15) is 88.1 Å². The third-order valence-electron chi connectivity index (χ3n) is 8.31. The van der Waals surface area contributed by atoms with Crippen LogP contribution in [0.4, 0.5) is 35.5 Å². The number of ether oxygens (including phenoxy) is 4. The van der Waals surface area contributed by atoms with Gasteiger partial charge < -0.3 is 39.8 Å². The van der Waals surface area contributed by atoms with Gasteiger partial charge in [-0.15, -0.1) is 0 Å². The number of alkyl halides is 3. The van der Waals surface area contributed by atoms with Crippen molar-refractivity contribution in [2.45, 2.75) is 96.5 Å². The summed E-state index contributed by atoms with van der Waals surface area (Å²) < 4.78 is 61.5. The van der Waals surface area contributed by atoms with Gasteiger partial charge in [0.25, 0.3) is 5.91 Å². The molecule has 2 amide bonds. The molecule has 1 saturated heterocycles. The van der Waals surface area contributed by atoms with E-state index in [9.17, 15) is 22.8 Å². The van der Waals surface area contributed by atoms with E-state index in [4.69, 9.17) is 18.9 Å². The highest BCUT2D eigenvalue weighted by molar-refractivity contribution is 5.97. The van der Waals surface area contributed by atoms with Gasteiger partial charge in [-0.25, -0.2) is 4.79 Å². The molecular formula is C37H48F3N7O6. The molecule has 3 aliphatic heterocycles. The normalized spacial score (nSPS) is 17.6. The van der Waals surface area contributed by atoms with Crippen molar-refractivity contribution in [2.24, 2.45) is 0 Å². The molecule has 3 aromatic rings. The maximum absolute atomic E-state index is 13.7. The molecule has 0 saturated carbocycles. The van der Waals surface area contributed by atoms with Crippen LogP contribution in [0.2, 0.25) is 0 Å². The number of halogens is 3. The van der Waals surface area contributed by atoms with Gasteiger partial charge in [0.1, 0.15) is 17.1 Å². The Kier molecular flexibility index (Phi) is 13.4. The van der Waals surface area contributed by atoms with E-state index in [-0.39, 0.29) is 36.0 Å². The van der Waals surface area contributed by atoms with Gasteiger partial charge in [-0.3, -0.25) is 4.79 Å². The molecule has 6 rings (SSSR count). The van der Waals surface area contributed by atoms with Gasteiger partial charge in [-0.1, -0.05) is 37.8 Å². The van der Waals surface area contributed by atoms with Crippen LogP contribution in [-0.4, -0.2) is 82.6 Å². The lowest BCUT2D eigenvalue weighted by molar-refractivity contribution is -0.154. The quantitative estimate of drug-likeness (QED) is 0.245. The van der Waals surface area contributed by atoms with Crippen LogP contribution in [0, 0.1) is 0 Å². The first-order valence-corrected chi connectivity index (χ1v) is 18.0. The Bertz CT molecular complexity index is 1670. The molecule has 1 aromatic heterocycles. The van der Waals surface area contributed by atoms with Gasteiger partial charge >= 0.3 is 18.3 Å². The highest BCUT2D eigenvalue weighted by atomic mass is 19.4. The first kappa shape index (κ1) is 39.2. The van der Waals surface area contributed by atoms with Crippen LogP contribution in [-0.2, 0) is 11.3 Å². The van der Waals surface area contributed by atoms with Crippen LogP contribution in [0.5, 0.6) is 17.5 Å². The zero-order chi connectivity index (χ0) is 37.8. The Labute approximate surface area is 307 Å². The van der Waals surface area contributed by atoms with Crippen molar-refractivity contribution in [1.82, 2.24) is 25.2 Å². The van der Waals surface area contributed by atoms with Crippen molar-refractivity contribution in [3.8, 4) is 17.5 Å². The van der Waals surface area contributed by atoms with Crippen LogP contribution >= 0.6 is 0 Å². The average molecular weight is 744 g/mol. The number of aromatic nitrogens is 3. The summed E-state index contributed by atoms with van der Waals surface area (Å²) in [5.41, 5.74) is 0.928. The third-order valence-corrected chi connectivity index (χ3v) is 8.31. The number of piperidine rings is 1. The number of nitrogens with zero attached hydrogens (tertiary/aromatic N) is 4. The van der Waals surface area contributed by atoms with E-state index in [1.54, 1.807) is 43.9 Å². The smallest absolute Gasteiger partial charge is 0.422 e. The van der Waals surface area contributed by atoms with Crippen molar-refractivity contribution in [3.63, 3.8) is 0 Å². The lowest BCUT2D eigenvalue weighted by Gasteiger charge is -2.34. The van der Waals surface area contributed by atoms with Gasteiger partial charge in [-0.2, -0.15) is 28.1 Å². The van der Waals surface area contributed by atoms with Crippen molar-refractivity contribution in [1.29, 1.82) is 0 Å². The molecule has 3 N–H and O–H groups in total. The molecule has 1 atom stereocenters. The number of anilines is 3. The summed E-state index contributed by atoms with van der Waals surface area (Å²) in [5.74, 6) is 0.569. The molecule has 0 radical (unpaired) electrons. The molecule has 0 aliphatic carbocycles. The summed E-state index contributed by atoms with van der Waals surface area (Å²) in [6.07, 6.45) is 2.10. The molecule has 0 spiro atoms. The number of fused-ring (bicyclic) bond motifs is 12. The molecule has 13 nitrogen and oxygen atoms in total. The molecule has 2 aromatic carbocycles. The summed E-state index contributed by atoms with van der Waals surface area (Å²) in [7, 11) is 0. The van der Waals surface area contributed by atoms with Gasteiger partial charge in [0.15, 0.2) is 6.61 Å². The minimum Gasteiger partial charge on any atom is -0.494 e. The molecule has 1 fully saturated rings. The second-order valence-electron chi connectivity index (χ2n) is 14.1. The fourth-order valence-corrected chi connectivity index (χ4v) is 5.76. The zero-order valence-electron chi connectivity index (χ0n) is 30.4. The fourth-order valence-electron chi connectivity index (χ4n) is 5.76. The number of rotatable bonds is 4. The first-order chi connectivity index (χ1) is 25.3. The summed E-state index contributed by atoms with van der Waals surface area (Å²) in [5, 5.41) is 9.06. The number of hydrogen-bond acceptors (Lipinski definition) is 11. The van der Waals surface area contributed by atoms with E-state index in [2.05, 4.69) is 30.9 Å². The minimum absolute atomic E-state index is 0.0150. The van der Waals surface area contributed by atoms with E-state index >= 15 is 0 Å². The third kappa shape index (κ3) is 13.2. The molecular weight excluding hydrogens is 695 g/mol. The van der Waals surface area contributed by atoms with Crippen LogP contribution in [0.3, 0.4) is 0 Å². The zero-order valence-corrected chi connectivity index (χ0v) is 30.4. The lowest BCUT2D eigenvalue weighted by Crippen LogP contribution is -2.50. The summed E-state index contributed by atoms with van der Waals surface area (Å²) >= 11 is 0.